The van der Waals surface area contributed by atoms with E-state index in [-0.39, 0.29) is 25.2 Å². The molecule has 1 unspecified atom stereocenters. The molecule has 184 valence electrons. The molecule has 2 aromatic rings. The van der Waals surface area contributed by atoms with Gasteiger partial charge in [0, 0.05) is 38.6 Å². The first-order chi connectivity index (χ1) is 16.6. The molecule has 1 saturated heterocycles. The molecule has 2 aliphatic rings. The fraction of sp³-hybridized carbons (Fsp3) is 0.375. The second-order valence-corrected chi connectivity index (χ2v) is 8.80. The van der Waals surface area contributed by atoms with Gasteiger partial charge in [-0.3, -0.25) is 25.0 Å². The van der Waals surface area contributed by atoms with Gasteiger partial charge >= 0.3 is 6.03 Å². The smallest absolute Gasteiger partial charge is 0.335 e. The van der Waals surface area contributed by atoms with Crippen LogP contribution in [0.25, 0.3) is 0 Å². The van der Waals surface area contributed by atoms with E-state index in [0.29, 0.717) is 22.5 Å². The largest absolute Gasteiger partial charge is 0.365 e. The molecule has 35 heavy (non-hydrogen) atoms. The number of nitro groups is 1. The number of rotatable bonds is 6. The quantitative estimate of drug-likeness (QED) is 0.288. The van der Waals surface area contributed by atoms with Gasteiger partial charge in [0.15, 0.2) is 11.7 Å². The molecule has 1 fully saturated rings. The Morgan fingerprint density at radius 2 is 1.77 bits per heavy atom. The lowest BCUT2D eigenvalue weighted by molar-refractivity contribution is -0.384. The first-order valence-corrected chi connectivity index (χ1v) is 11.0. The number of urea groups is 1. The molecule has 11 heteroatoms. The summed E-state index contributed by atoms with van der Waals surface area (Å²) in [5, 5.41) is 13.8. The molecule has 2 aromatic carbocycles. The number of aryl methyl sites for hydroxylation is 2. The maximum atomic E-state index is 14.0. The third kappa shape index (κ3) is 4.13. The van der Waals surface area contributed by atoms with Crippen LogP contribution in [0.3, 0.4) is 0 Å². The van der Waals surface area contributed by atoms with E-state index in [2.05, 4.69) is 5.32 Å². The van der Waals surface area contributed by atoms with Crippen LogP contribution in [0, 0.1) is 29.4 Å². The Hall–Kier alpha value is -3.83. The SMILES string of the molecule is COC(CN1CC2(Cc3cc([N+](=O)[O-])ccc31)C(=O)NC(=O)N(c1ccc(C)cc1C)C2=O)OC. The van der Waals surface area contributed by atoms with Gasteiger partial charge in [0.2, 0.25) is 5.91 Å². The molecule has 0 aromatic heterocycles. The molecule has 4 rings (SSSR count). The molecular weight excluding hydrogens is 456 g/mol. The molecule has 2 aliphatic heterocycles. The molecule has 1 spiro atoms. The minimum atomic E-state index is -1.69. The van der Waals surface area contributed by atoms with E-state index in [1.807, 2.05) is 13.0 Å². The zero-order valence-electron chi connectivity index (χ0n) is 19.9. The number of methoxy groups -OCH3 is 2. The Labute approximate surface area is 201 Å². The summed E-state index contributed by atoms with van der Waals surface area (Å²) in [7, 11) is 2.92. The normalized spacial score (nSPS) is 19.9. The third-order valence-electron chi connectivity index (χ3n) is 6.53. The summed E-state index contributed by atoms with van der Waals surface area (Å²) in [5.41, 5.74) is 1.22. The van der Waals surface area contributed by atoms with Gasteiger partial charge in [0.1, 0.15) is 0 Å². The van der Waals surface area contributed by atoms with Crippen LogP contribution in [0.2, 0.25) is 0 Å². The minimum absolute atomic E-state index is 0.0691. The van der Waals surface area contributed by atoms with Crippen LogP contribution < -0.4 is 15.1 Å². The van der Waals surface area contributed by atoms with Crippen LogP contribution in [0.1, 0.15) is 16.7 Å². The predicted molar refractivity (Wildman–Crippen MR) is 126 cm³/mol. The maximum Gasteiger partial charge on any atom is 0.335 e. The molecule has 4 amide bonds. The van der Waals surface area contributed by atoms with E-state index >= 15 is 0 Å². The van der Waals surface area contributed by atoms with Crippen LogP contribution in [-0.2, 0) is 25.5 Å². The first kappa shape index (κ1) is 24.3. The van der Waals surface area contributed by atoms with Crippen LogP contribution in [0.5, 0.6) is 0 Å². The summed E-state index contributed by atoms with van der Waals surface area (Å²) >= 11 is 0. The molecule has 0 aliphatic carbocycles. The minimum Gasteiger partial charge on any atom is -0.365 e. The van der Waals surface area contributed by atoms with Crippen molar-refractivity contribution >= 4 is 34.9 Å². The van der Waals surface area contributed by atoms with Crippen LogP contribution >= 0.6 is 0 Å². The van der Waals surface area contributed by atoms with Crippen molar-refractivity contribution in [2.45, 2.75) is 26.6 Å². The standard InChI is InChI=1S/C24H26N4O7/c1-14-5-7-18(15(2)9-14)27-22(30)24(21(29)25-23(27)31)11-16-10-17(28(32)33)6-8-19(16)26(13-24)12-20(34-3)35-4/h5-10,20H,11-13H2,1-4H3,(H,25,29,31). The van der Waals surface area contributed by atoms with Crippen molar-refractivity contribution in [3.8, 4) is 0 Å². The van der Waals surface area contributed by atoms with E-state index in [9.17, 15) is 24.5 Å². The lowest BCUT2D eigenvalue weighted by Crippen LogP contribution is -2.69. The summed E-state index contributed by atoms with van der Waals surface area (Å²) in [5.74, 6) is -1.44. The fourth-order valence-corrected chi connectivity index (χ4v) is 4.76. The van der Waals surface area contributed by atoms with E-state index in [1.165, 1.54) is 26.4 Å². The summed E-state index contributed by atoms with van der Waals surface area (Å²) < 4.78 is 10.6. The van der Waals surface area contributed by atoms with Crippen LogP contribution in [0.15, 0.2) is 36.4 Å². The summed E-state index contributed by atoms with van der Waals surface area (Å²) in [6.07, 6.45) is -0.795. The van der Waals surface area contributed by atoms with Crippen LogP contribution in [-0.4, -0.2) is 56.4 Å². The Morgan fingerprint density at radius 3 is 2.40 bits per heavy atom. The van der Waals surface area contributed by atoms with Gasteiger partial charge in [-0.1, -0.05) is 17.7 Å². The maximum absolute atomic E-state index is 14.0. The van der Waals surface area contributed by atoms with Gasteiger partial charge in [0.05, 0.1) is 17.2 Å². The number of nitrogens with one attached hydrogen (secondary N) is 1. The zero-order valence-corrected chi connectivity index (χ0v) is 19.9. The summed E-state index contributed by atoms with van der Waals surface area (Å²) in [6, 6.07) is 8.76. The molecule has 11 nitrogen and oxygen atoms in total. The molecule has 2 heterocycles. The average Bonchev–Trinajstić information content (AvgIpc) is 2.82. The fourth-order valence-electron chi connectivity index (χ4n) is 4.76. The van der Waals surface area contributed by atoms with Gasteiger partial charge in [-0.2, -0.15) is 0 Å². The van der Waals surface area contributed by atoms with E-state index in [1.54, 1.807) is 30.0 Å². The highest BCUT2D eigenvalue weighted by atomic mass is 16.7. The van der Waals surface area contributed by atoms with E-state index < -0.39 is 34.5 Å². The van der Waals surface area contributed by atoms with Gasteiger partial charge in [-0.25, -0.2) is 9.69 Å². The molecule has 0 saturated carbocycles. The number of fused-ring (bicyclic) bond motifs is 1. The highest BCUT2D eigenvalue weighted by molar-refractivity contribution is 6.30. The van der Waals surface area contributed by atoms with E-state index in [4.69, 9.17) is 9.47 Å². The van der Waals surface area contributed by atoms with E-state index in [0.717, 1.165) is 10.5 Å². The number of anilines is 2. The lowest BCUT2D eigenvalue weighted by atomic mass is 9.74. The number of carbonyl (C=O) groups is 3. The van der Waals surface area contributed by atoms with Gasteiger partial charge in [-0.15, -0.1) is 0 Å². The van der Waals surface area contributed by atoms with Crippen molar-refractivity contribution < 1.29 is 28.8 Å². The van der Waals surface area contributed by atoms with Crippen molar-refractivity contribution in [3.63, 3.8) is 0 Å². The number of hydrogen-bond donors (Lipinski definition) is 1. The van der Waals surface area contributed by atoms with Crippen molar-refractivity contribution in [1.29, 1.82) is 0 Å². The molecule has 1 N–H and O–H groups in total. The first-order valence-electron chi connectivity index (χ1n) is 11.0. The predicted octanol–water partition coefficient (Wildman–Crippen LogP) is 2.46. The topological polar surface area (TPSA) is 131 Å². The highest BCUT2D eigenvalue weighted by Gasteiger charge is 2.57. The third-order valence-corrected chi connectivity index (χ3v) is 6.53. The Morgan fingerprint density at radius 1 is 1.09 bits per heavy atom. The number of imide groups is 2. The Bertz CT molecular complexity index is 1230. The van der Waals surface area contributed by atoms with Crippen molar-refractivity contribution in [2.24, 2.45) is 5.41 Å². The molecule has 0 bridgehead atoms. The number of hydrogen-bond acceptors (Lipinski definition) is 8. The number of carbonyl (C=O) groups excluding carboxylic acids is 3. The number of non-ortho nitro benzene ring substituents is 1. The van der Waals surface area contributed by atoms with Gasteiger partial charge < -0.3 is 14.4 Å². The highest BCUT2D eigenvalue weighted by Crippen LogP contribution is 2.42. The van der Waals surface area contributed by atoms with Crippen molar-refractivity contribution in [3.05, 3.63) is 63.2 Å². The number of ether oxygens (including phenoxy) is 2. The zero-order chi connectivity index (χ0) is 25.5. The number of nitro benzene ring substituents is 1. The average molecular weight is 482 g/mol. The van der Waals surface area contributed by atoms with Crippen molar-refractivity contribution in [2.75, 3.05) is 37.1 Å². The van der Waals surface area contributed by atoms with Crippen molar-refractivity contribution in [1.82, 2.24) is 5.32 Å². The number of benzene rings is 2. The number of barbiturate groups is 1. The summed E-state index contributed by atoms with van der Waals surface area (Å²) in [6.45, 7) is 3.75. The monoisotopic (exact) mass is 482 g/mol. The molecule has 0 radical (unpaired) electrons. The van der Waals surface area contributed by atoms with Gasteiger partial charge in [-0.05, 0) is 43.5 Å². The number of nitrogens with zero attached hydrogens (tertiary/aromatic N) is 3. The lowest BCUT2D eigenvalue weighted by Gasteiger charge is -2.46. The second kappa shape index (κ2) is 9.08. The molecular formula is C24H26N4O7. The Balaban J connectivity index is 1.84. The molecule has 1 atom stereocenters. The van der Waals surface area contributed by atoms with Crippen LogP contribution in [0.4, 0.5) is 21.9 Å². The van der Waals surface area contributed by atoms with Gasteiger partial charge in [0.25, 0.3) is 11.6 Å². The second-order valence-electron chi connectivity index (χ2n) is 8.80. The summed E-state index contributed by atoms with van der Waals surface area (Å²) in [4.78, 5) is 53.8. The number of amides is 4. The Kier molecular flexibility index (Phi) is 6.30.